The van der Waals surface area contributed by atoms with Crippen LogP contribution in [0.4, 0.5) is 0 Å². The maximum atomic E-state index is 13.7. The normalized spacial score (nSPS) is 17.6. The molecule has 210 valence electrons. The van der Waals surface area contributed by atoms with Gasteiger partial charge in [-0.2, -0.15) is 4.31 Å². The van der Waals surface area contributed by atoms with Crippen molar-refractivity contribution in [2.75, 3.05) is 13.2 Å². The largest absolute Gasteiger partial charge is 0.486 e. The van der Waals surface area contributed by atoms with Gasteiger partial charge < -0.3 is 9.47 Å². The molecule has 0 fully saturated rings. The van der Waals surface area contributed by atoms with Gasteiger partial charge in [-0.25, -0.2) is 13.1 Å². The summed E-state index contributed by atoms with van der Waals surface area (Å²) in [5, 5.41) is 8.49. The van der Waals surface area contributed by atoms with E-state index < -0.39 is 10.0 Å². The highest BCUT2D eigenvalue weighted by Gasteiger charge is 2.34. The first-order chi connectivity index (χ1) is 19.1. The quantitative estimate of drug-likeness (QED) is 0.310. The fourth-order valence-electron chi connectivity index (χ4n) is 5.29. The predicted molar refractivity (Wildman–Crippen MR) is 149 cm³/mol. The molecule has 2 aromatic carbocycles. The number of ether oxygens (including phenoxy) is 2. The van der Waals surface area contributed by atoms with Crippen molar-refractivity contribution in [3.05, 3.63) is 76.6 Å². The number of esters is 1. The van der Waals surface area contributed by atoms with Gasteiger partial charge in [-0.15, -0.1) is 5.10 Å². The van der Waals surface area contributed by atoms with Crippen molar-refractivity contribution in [2.24, 2.45) is 7.05 Å². The van der Waals surface area contributed by atoms with Crippen LogP contribution >= 0.6 is 0 Å². The minimum Gasteiger partial charge on any atom is -0.486 e. The molecule has 0 amide bonds. The van der Waals surface area contributed by atoms with Crippen molar-refractivity contribution in [3.63, 3.8) is 0 Å². The highest BCUT2D eigenvalue weighted by Crippen LogP contribution is 2.36. The second-order valence-electron chi connectivity index (χ2n) is 10.2. The van der Waals surface area contributed by atoms with E-state index in [0.717, 1.165) is 38.9 Å². The highest BCUT2D eigenvalue weighted by molar-refractivity contribution is 7.89. The summed E-state index contributed by atoms with van der Waals surface area (Å²) in [6.07, 6.45) is 2.67. The number of nitrogens with zero attached hydrogens (tertiary/aromatic N) is 5. The number of hydrogen-bond acceptors (Lipinski definition) is 8. The summed E-state index contributed by atoms with van der Waals surface area (Å²) in [5.74, 6) is -0.369. The minimum absolute atomic E-state index is 0.105. The lowest BCUT2D eigenvalue weighted by atomic mass is 9.84. The van der Waals surface area contributed by atoms with Gasteiger partial charge in [-0.1, -0.05) is 29.5 Å². The van der Waals surface area contributed by atoms with Gasteiger partial charge in [0.05, 0.1) is 31.3 Å². The molecule has 0 bridgehead atoms. The molecular weight excluding hydrogens is 530 g/mol. The van der Waals surface area contributed by atoms with Gasteiger partial charge in [-0.3, -0.25) is 9.78 Å². The summed E-state index contributed by atoms with van der Waals surface area (Å²) in [4.78, 5) is 16.9. The lowest BCUT2D eigenvalue weighted by molar-refractivity contribution is -0.143. The molecule has 0 N–H and O–H groups in total. The number of carbonyl (C=O) groups excluding carboxylic acids is 1. The summed E-state index contributed by atoms with van der Waals surface area (Å²) in [7, 11) is -1.99. The number of aromatic nitrogens is 4. The third-order valence-electron chi connectivity index (χ3n) is 7.41. The number of fused-ring (bicyclic) bond motifs is 2. The monoisotopic (exact) mass is 563 g/mol. The van der Waals surface area contributed by atoms with Crippen molar-refractivity contribution in [3.8, 4) is 5.75 Å². The molecule has 4 aromatic rings. The van der Waals surface area contributed by atoms with Crippen molar-refractivity contribution in [1.82, 2.24) is 24.3 Å². The molecule has 1 aliphatic heterocycles. The molecule has 1 aliphatic rings. The second kappa shape index (κ2) is 11.0. The molecular formula is C29H33N5O5S. The zero-order valence-electron chi connectivity index (χ0n) is 23.3. The Morgan fingerprint density at radius 3 is 2.77 bits per heavy atom. The summed E-state index contributed by atoms with van der Waals surface area (Å²) in [5.41, 5.74) is 6.25. The van der Waals surface area contributed by atoms with Crippen LogP contribution < -0.4 is 4.74 Å². The Balaban J connectivity index is 1.56. The number of hydrogen-bond donors (Lipinski definition) is 0. The van der Waals surface area contributed by atoms with E-state index in [2.05, 4.69) is 15.3 Å². The smallest absolute Gasteiger partial charge is 0.306 e. The fraction of sp³-hybridized carbons (Fsp3) is 0.379. The van der Waals surface area contributed by atoms with E-state index in [4.69, 9.17) is 9.47 Å². The Kier molecular flexibility index (Phi) is 7.61. The van der Waals surface area contributed by atoms with Gasteiger partial charge in [0.15, 0.2) is 5.75 Å². The number of rotatable bonds is 7. The lowest BCUT2D eigenvalue weighted by Gasteiger charge is -2.24. The van der Waals surface area contributed by atoms with Crippen LogP contribution in [0.25, 0.3) is 11.0 Å². The van der Waals surface area contributed by atoms with E-state index in [9.17, 15) is 13.2 Å². The maximum absolute atomic E-state index is 13.7. The molecule has 40 heavy (non-hydrogen) atoms. The van der Waals surface area contributed by atoms with Crippen LogP contribution in [0.1, 0.15) is 54.0 Å². The minimum atomic E-state index is -3.83. The average molecular weight is 564 g/mol. The predicted octanol–water partition coefficient (Wildman–Crippen LogP) is 4.04. The SMILES string of the molecule is CCOC(=O)CC(c1ccc(C)c(CN2C[C@@H](C)Oc3cnccc3S2(=O)=O)c1)c1ccc2c(nnn2C)c1C. The second-order valence-corrected chi connectivity index (χ2v) is 12.1. The van der Waals surface area contributed by atoms with Crippen LogP contribution in [0.15, 0.2) is 53.7 Å². The first kappa shape index (κ1) is 27.7. The van der Waals surface area contributed by atoms with E-state index in [1.807, 2.05) is 58.2 Å². The zero-order valence-corrected chi connectivity index (χ0v) is 24.1. The first-order valence-corrected chi connectivity index (χ1v) is 14.7. The highest BCUT2D eigenvalue weighted by atomic mass is 32.2. The average Bonchev–Trinajstić information content (AvgIpc) is 3.26. The fourth-order valence-corrected chi connectivity index (χ4v) is 6.87. The Bertz CT molecular complexity index is 1680. The lowest BCUT2D eigenvalue weighted by Crippen LogP contribution is -2.35. The van der Waals surface area contributed by atoms with Crippen molar-refractivity contribution >= 4 is 27.0 Å². The van der Waals surface area contributed by atoms with Crippen LogP contribution in [0.2, 0.25) is 0 Å². The molecule has 2 aromatic heterocycles. The van der Waals surface area contributed by atoms with E-state index in [0.29, 0.717) is 0 Å². The number of pyridine rings is 1. The van der Waals surface area contributed by atoms with Gasteiger partial charge in [0.2, 0.25) is 10.0 Å². The van der Waals surface area contributed by atoms with E-state index in [-0.39, 0.29) is 54.8 Å². The molecule has 1 unspecified atom stereocenters. The zero-order chi connectivity index (χ0) is 28.6. The molecule has 0 saturated carbocycles. The summed E-state index contributed by atoms with van der Waals surface area (Å²) >= 11 is 0. The molecule has 10 nitrogen and oxygen atoms in total. The number of aryl methyl sites for hydroxylation is 3. The van der Waals surface area contributed by atoms with Gasteiger partial charge in [-0.05, 0) is 67.6 Å². The maximum Gasteiger partial charge on any atom is 0.306 e. The number of benzene rings is 2. The first-order valence-electron chi connectivity index (χ1n) is 13.2. The van der Waals surface area contributed by atoms with Gasteiger partial charge >= 0.3 is 5.97 Å². The Morgan fingerprint density at radius 1 is 1.20 bits per heavy atom. The van der Waals surface area contributed by atoms with Gasteiger partial charge in [0.25, 0.3) is 0 Å². The van der Waals surface area contributed by atoms with Crippen LogP contribution in [-0.4, -0.2) is 57.9 Å². The summed E-state index contributed by atoms with van der Waals surface area (Å²) in [6, 6.07) is 11.4. The molecule has 2 atom stereocenters. The summed E-state index contributed by atoms with van der Waals surface area (Å²) in [6.45, 7) is 8.21. The third-order valence-corrected chi connectivity index (χ3v) is 9.26. The molecule has 0 spiro atoms. The standard InChI is InChI=1S/C29H33N5O5S/c1-6-38-28(35)14-24(23-9-10-25-29(20(23)4)31-32-33(25)5)21-8-7-18(2)22(13-21)17-34-16-19(3)39-26-15-30-12-11-27(26)40(34,36)37/h7-13,15,19,24H,6,14,16-17H2,1-5H3/t19-,24?/m1/s1. The van der Waals surface area contributed by atoms with E-state index in [1.165, 1.54) is 22.8 Å². The molecule has 0 radical (unpaired) electrons. The van der Waals surface area contributed by atoms with Gasteiger partial charge in [0.1, 0.15) is 16.5 Å². The molecule has 11 heteroatoms. The number of sulfonamides is 1. The molecule has 0 saturated heterocycles. The topological polar surface area (TPSA) is 117 Å². The van der Waals surface area contributed by atoms with Crippen LogP contribution in [0, 0.1) is 13.8 Å². The van der Waals surface area contributed by atoms with E-state index >= 15 is 0 Å². The van der Waals surface area contributed by atoms with Crippen molar-refractivity contribution < 1.29 is 22.7 Å². The Morgan fingerprint density at radius 2 is 2.00 bits per heavy atom. The Labute approximate surface area is 234 Å². The summed E-state index contributed by atoms with van der Waals surface area (Å²) < 4.78 is 41.7. The molecule has 5 rings (SSSR count). The Hall–Kier alpha value is -3.83. The van der Waals surface area contributed by atoms with Crippen LogP contribution in [-0.2, 0) is 33.1 Å². The van der Waals surface area contributed by atoms with Crippen LogP contribution in [0.3, 0.4) is 0 Å². The molecule has 0 aliphatic carbocycles. The van der Waals surface area contributed by atoms with Crippen molar-refractivity contribution in [2.45, 2.75) is 57.6 Å². The number of carbonyl (C=O) groups is 1. The molecule has 3 heterocycles. The third kappa shape index (κ3) is 5.18. The van der Waals surface area contributed by atoms with Crippen molar-refractivity contribution in [1.29, 1.82) is 0 Å². The van der Waals surface area contributed by atoms with Gasteiger partial charge in [0, 0.05) is 25.7 Å². The van der Waals surface area contributed by atoms with E-state index in [1.54, 1.807) is 11.6 Å². The van der Waals surface area contributed by atoms with Crippen LogP contribution in [0.5, 0.6) is 5.75 Å².